The molecule has 0 aliphatic rings. The van der Waals surface area contributed by atoms with Gasteiger partial charge in [0.1, 0.15) is 0 Å². The molecular weight excluding hydrogens is 358 g/mol. The Kier molecular flexibility index (Phi) is 6.09. The Morgan fingerprint density at radius 2 is 1.95 bits per heavy atom. The maximum absolute atomic E-state index is 12.3. The summed E-state index contributed by atoms with van der Waals surface area (Å²) in [5.74, 6) is 0.855. The van der Waals surface area contributed by atoms with E-state index >= 15 is 0 Å². The van der Waals surface area contributed by atoms with E-state index in [0.717, 1.165) is 27.0 Å². The van der Waals surface area contributed by atoms with Gasteiger partial charge in [0, 0.05) is 15.9 Å². The molecule has 0 spiro atoms. The molecule has 0 saturated carbocycles. The van der Waals surface area contributed by atoms with Crippen LogP contribution in [0.2, 0.25) is 0 Å². The van der Waals surface area contributed by atoms with Crippen LogP contribution in [0.4, 0.5) is 5.69 Å². The summed E-state index contributed by atoms with van der Waals surface area (Å²) in [5, 5.41) is 2.93. The molecule has 0 aromatic heterocycles. The molecule has 1 N–H and O–H groups in total. The smallest absolute Gasteiger partial charge is 0.237 e. The van der Waals surface area contributed by atoms with Crippen molar-refractivity contribution in [2.24, 2.45) is 0 Å². The quantitative estimate of drug-likeness (QED) is 0.762. The van der Waals surface area contributed by atoms with E-state index in [1.165, 1.54) is 5.56 Å². The zero-order valence-corrected chi connectivity index (χ0v) is 15.4. The lowest BCUT2D eigenvalue weighted by Gasteiger charge is -2.14. The minimum Gasteiger partial charge on any atom is -0.325 e. The lowest BCUT2D eigenvalue weighted by atomic mass is 10.1. The van der Waals surface area contributed by atoms with E-state index in [0.29, 0.717) is 0 Å². The van der Waals surface area contributed by atoms with Crippen molar-refractivity contribution < 1.29 is 4.79 Å². The van der Waals surface area contributed by atoms with Crippen LogP contribution >= 0.6 is 27.7 Å². The van der Waals surface area contributed by atoms with Crippen LogP contribution in [0.1, 0.15) is 23.6 Å². The fourth-order valence-corrected chi connectivity index (χ4v) is 3.51. The van der Waals surface area contributed by atoms with Gasteiger partial charge >= 0.3 is 0 Å². The standard InChI is InChI=1S/C18H20BrNOS/c1-12-8-9-13(2)17(10-12)20-18(21)14(3)22-11-15-6-4-5-7-16(15)19/h4-10,14H,11H2,1-3H3,(H,20,21). The summed E-state index contributed by atoms with van der Waals surface area (Å²) in [6.45, 7) is 5.98. The summed E-state index contributed by atoms with van der Waals surface area (Å²) >= 11 is 5.18. The van der Waals surface area contributed by atoms with Gasteiger partial charge in [-0.3, -0.25) is 4.79 Å². The molecule has 2 aromatic rings. The van der Waals surface area contributed by atoms with Gasteiger partial charge in [-0.1, -0.05) is 46.3 Å². The van der Waals surface area contributed by atoms with Crippen LogP contribution in [0.25, 0.3) is 0 Å². The number of thioether (sulfide) groups is 1. The fourth-order valence-electron chi connectivity index (χ4n) is 2.01. The monoisotopic (exact) mass is 377 g/mol. The molecule has 0 saturated heterocycles. The van der Waals surface area contributed by atoms with E-state index in [2.05, 4.69) is 33.4 Å². The highest BCUT2D eigenvalue weighted by molar-refractivity contribution is 9.10. The molecule has 1 unspecified atom stereocenters. The van der Waals surface area contributed by atoms with Crippen LogP contribution in [0.5, 0.6) is 0 Å². The number of hydrogen-bond donors (Lipinski definition) is 1. The summed E-state index contributed by atoms with van der Waals surface area (Å²) in [4.78, 5) is 12.3. The van der Waals surface area contributed by atoms with Gasteiger partial charge in [-0.05, 0) is 49.6 Å². The topological polar surface area (TPSA) is 29.1 Å². The van der Waals surface area contributed by atoms with Gasteiger partial charge in [0.05, 0.1) is 5.25 Å². The molecule has 1 atom stereocenters. The Morgan fingerprint density at radius 3 is 2.68 bits per heavy atom. The zero-order valence-electron chi connectivity index (χ0n) is 13.0. The zero-order chi connectivity index (χ0) is 16.1. The number of halogens is 1. The SMILES string of the molecule is Cc1ccc(C)c(NC(=O)C(C)SCc2ccccc2Br)c1. The van der Waals surface area contributed by atoms with Crippen molar-refractivity contribution in [1.29, 1.82) is 0 Å². The summed E-state index contributed by atoms with van der Waals surface area (Å²) in [6.07, 6.45) is 0. The summed E-state index contributed by atoms with van der Waals surface area (Å²) < 4.78 is 1.09. The number of benzene rings is 2. The Balaban J connectivity index is 1.95. The van der Waals surface area contributed by atoms with E-state index in [1.807, 2.05) is 51.1 Å². The first-order valence-corrected chi connectivity index (χ1v) is 9.04. The number of rotatable bonds is 5. The maximum atomic E-state index is 12.3. The van der Waals surface area contributed by atoms with Crippen molar-refractivity contribution in [2.45, 2.75) is 31.8 Å². The molecule has 116 valence electrons. The van der Waals surface area contributed by atoms with Crippen LogP contribution in [0, 0.1) is 13.8 Å². The Morgan fingerprint density at radius 1 is 1.23 bits per heavy atom. The van der Waals surface area contributed by atoms with E-state index in [9.17, 15) is 4.79 Å². The number of carbonyl (C=O) groups excluding carboxylic acids is 1. The highest BCUT2D eigenvalue weighted by Crippen LogP contribution is 2.25. The molecule has 0 aliphatic carbocycles. The highest BCUT2D eigenvalue weighted by atomic mass is 79.9. The number of anilines is 1. The van der Waals surface area contributed by atoms with Gasteiger partial charge in [-0.15, -0.1) is 11.8 Å². The van der Waals surface area contributed by atoms with E-state index in [1.54, 1.807) is 11.8 Å². The molecule has 4 heteroatoms. The summed E-state index contributed by atoms with van der Waals surface area (Å²) in [5.41, 5.74) is 4.34. The third-order valence-corrected chi connectivity index (χ3v) is 5.43. The second-order valence-electron chi connectivity index (χ2n) is 5.35. The van der Waals surface area contributed by atoms with Gasteiger partial charge in [0.2, 0.25) is 5.91 Å². The molecule has 2 rings (SSSR count). The first-order chi connectivity index (χ1) is 10.5. The molecule has 0 fully saturated rings. The van der Waals surface area contributed by atoms with Crippen LogP contribution in [0.3, 0.4) is 0 Å². The van der Waals surface area contributed by atoms with Gasteiger partial charge in [0.15, 0.2) is 0 Å². The van der Waals surface area contributed by atoms with Gasteiger partial charge < -0.3 is 5.32 Å². The van der Waals surface area contributed by atoms with Crippen molar-refractivity contribution in [2.75, 3.05) is 5.32 Å². The molecule has 2 aromatic carbocycles. The minimum absolute atomic E-state index is 0.0470. The lowest BCUT2D eigenvalue weighted by Crippen LogP contribution is -2.23. The van der Waals surface area contributed by atoms with Crippen LogP contribution in [-0.4, -0.2) is 11.2 Å². The largest absolute Gasteiger partial charge is 0.325 e. The third kappa shape index (κ3) is 4.62. The second-order valence-corrected chi connectivity index (χ2v) is 7.54. The van der Waals surface area contributed by atoms with Crippen molar-refractivity contribution >= 4 is 39.3 Å². The molecule has 0 aliphatic heterocycles. The molecule has 22 heavy (non-hydrogen) atoms. The molecule has 2 nitrogen and oxygen atoms in total. The Hall–Kier alpha value is -1.26. The second kappa shape index (κ2) is 7.84. The van der Waals surface area contributed by atoms with Crippen molar-refractivity contribution in [3.8, 4) is 0 Å². The van der Waals surface area contributed by atoms with E-state index in [-0.39, 0.29) is 11.2 Å². The molecule has 1 amide bonds. The third-order valence-electron chi connectivity index (χ3n) is 3.47. The Bertz CT molecular complexity index is 672. The van der Waals surface area contributed by atoms with Crippen LogP contribution < -0.4 is 5.32 Å². The summed E-state index contributed by atoms with van der Waals surface area (Å²) in [6, 6.07) is 14.2. The molecule has 0 radical (unpaired) electrons. The fraction of sp³-hybridized carbons (Fsp3) is 0.278. The molecule has 0 bridgehead atoms. The van der Waals surface area contributed by atoms with E-state index < -0.39 is 0 Å². The van der Waals surface area contributed by atoms with Crippen molar-refractivity contribution in [3.63, 3.8) is 0 Å². The average molecular weight is 378 g/mol. The first kappa shape index (κ1) is 17.1. The first-order valence-electron chi connectivity index (χ1n) is 7.20. The number of hydrogen-bond acceptors (Lipinski definition) is 2. The van der Waals surface area contributed by atoms with Crippen LogP contribution in [-0.2, 0) is 10.5 Å². The van der Waals surface area contributed by atoms with Gasteiger partial charge in [0.25, 0.3) is 0 Å². The predicted octanol–water partition coefficient (Wildman–Crippen LogP) is 5.33. The molecule has 0 heterocycles. The van der Waals surface area contributed by atoms with Crippen LogP contribution in [0.15, 0.2) is 46.9 Å². The summed E-state index contributed by atoms with van der Waals surface area (Å²) in [7, 11) is 0. The van der Waals surface area contributed by atoms with Gasteiger partial charge in [-0.2, -0.15) is 0 Å². The predicted molar refractivity (Wildman–Crippen MR) is 99.4 cm³/mol. The van der Waals surface area contributed by atoms with Gasteiger partial charge in [-0.25, -0.2) is 0 Å². The number of amides is 1. The molecular formula is C18H20BrNOS. The highest BCUT2D eigenvalue weighted by Gasteiger charge is 2.15. The lowest BCUT2D eigenvalue weighted by molar-refractivity contribution is -0.115. The Labute approximate surface area is 144 Å². The number of nitrogens with one attached hydrogen (secondary N) is 1. The van der Waals surface area contributed by atoms with E-state index in [4.69, 9.17) is 0 Å². The minimum atomic E-state index is -0.105. The number of carbonyl (C=O) groups is 1. The number of aryl methyl sites for hydroxylation is 2. The van der Waals surface area contributed by atoms with Crippen molar-refractivity contribution in [3.05, 3.63) is 63.6 Å². The van der Waals surface area contributed by atoms with Crippen molar-refractivity contribution in [1.82, 2.24) is 0 Å². The average Bonchev–Trinajstić information content (AvgIpc) is 2.49. The maximum Gasteiger partial charge on any atom is 0.237 e. The normalized spacial score (nSPS) is 12.0.